The molecule has 442 valence electrons. The molecule has 1 amide bonds. The van der Waals surface area contributed by atoms with Crippen molar-refractivity contribution in [1.82, 2.24) is 5.32 Å². The number of carbonyl (C=O) groups is 2. The smallest absolute Gasteiger partial charge is 0.305 e. The monoisotopic (exact) mass is 1050 g/mol. The molecule has 0 radical (unpaired) electrons. The molecule has 2 unspecified atom stereocenters. The molecule has 0 aromatic heterocycles. The van der Waals surface area contributed by atoms with Crippen LogP contribution in [0.3, 0.4) is 0 Å². The zero-order valence-electron chi connectivity index (χ0n) is 50.5. The maximum atomic E-state index is 12.5. The highest BCUT2D eigenvalue weighted by molar-refractivity contribution is 5.76. The number of esters is 1. The second-order valence-corrected chi connectivity index (χ2v) is 23.2. The van der Waals surface area contributed by atoms with Crippen molar-refractivity contribution >= 4 is 11.9 Å². The van der Waals surface area contributed by atoms with Crippen molar-refractivity contribution in [3.63, 3.8) is 0 Å². The Bertz CT molecular complexity index is 1210. The van der Waals surface area contributed by atoms with Gasteiger partial charge in [0.05, 0.1) is 25.4 Å². The van der Waals surface area contributed by atoms with Crippen molar-refractivity contribution in [3.8, 4) is 0 Å². The summed E-state index contributed by atoms with van der Waals surface area (Å²) in [7, 11) is 0. The van der Waals surface area contributed by atoms with E-state index in [0.717, 1.165) is 51.4 Å². The second-order valence-electron chi connectivity index (χ2n) is 23.2. The van der Waals surface area contributed by atoms with Gasteiger partial charge in [-0.15, -0.1) is 0 Å². The molecule has 0 spiro atoms. The Hall–Kier alpha value is -1.92. The van der Waals surface area contributed by atoms with E-state index in [1.165, 1.54) is 289 Å². The summed E-state index contributed by atoms with van der Waals surface area (Å²) in [4.78, 5) is 24.6. The number of hydrogen-bond acceptors (Lipinski definition) is 5. The van der Waals surface area contributed by atoms with E-state index in [0.29, 0.717) is 19.4 Å². The third kappa shape index (κ3) is 61.2. The van der Waals surface area contributed by atoms with Crippen LogP contribution < -0.4 is 5.32 Å². The maximum absolute atomic E-state index is 12.5. The molecule has 0 aliphatic heterocycles. The SMILES string of the molecule is CCCCCC/C=C\C/C=C\CCCCCCCC(=O)OCCCCCCCCCCCCCCCCCCCCCCCCCCCC(=O)NC(CO)C(O)/C=C/CCCCCCCCCCCCCCCCC. The quantitative estimate of drug-likeness (QED) is 0.0320. The number of ether oxygens (including phenoxy) is 1. The molecular weight excluding hydrogens is 923 g/mol. The van der Waals surface area contributed by atoms with Gasteiger partial charge in [0.2, 0.25) is 5.91 Å². The maximum Gasteiger partial charge on any atom is 0.305 e. The van der Waals surface area contributed by atoms with Gasteiger partial charge in [0.25, 0.3) is 0 Å². The molecule has 0 aliphatic carbocycles. The van der Waals surface area contributed by atoms with Crippen molar-refractivity contribution in [2.75, 3.05) is 13.2 Å². The Balaban J connectivity index is 3.39. The van der Waals surface area contributed by atoms with E-state index in [-0.39, 0.29) is 18.5 Å². The summed E-state index contributed by atoms with van der Waals surface area (Å²) in [5.41, 5.74) is 0. The summed E-state index contributed by atoms with van der Waals surface area (Å²) in [6.07, 6.45) is 82.0. The van der Waals surface area contributed by atoms with Gasteiger partial charge in [0.15, 0.2) is 0 Å². The molecule has 0 fully saturated rings. The van der Waals surface area contributed by atoms with E-state index in [4.69, 9.17) is 4.74 Å². The van der Waals surface area contributed by atoms with Crippen LogP contribution in [0.25, 0.3) is 0 Å². The fraction of sp³-hybridized carbons (Fsp3) is 0.884. The third-order valence-electron chi connectivity index (χ3n) is 15.7. The van der Waals surface area contributed by atoms with Gasteiger partial charge in [0.1, 0.15) is 0 Å². The van der Waals surface area contributed by atoms with Crippen LogP contribution in [0.2, 0.25) is 0 Å². The second kappa shape index (κ2) is 64.6. The lowest BCUT2D eigenvalue weighted by atomic mass is 10.0. The molecule has 0 aliphatic rings. The average Bonchev–Trinajstić information content (AvgIpc) is 3.41. The number of aliphatic hydroxyl groups is 2. The lowest BCUT2D eigenvalue weighted by Crippen LogP contribution is -2.45. The minimum atomic E-state index is -0.844. The summed E-state index contributed by atoms with van der Waals surface area (Å²) in [5.74, 6) is -0.0612. The topological polar surface area (TPSA) is 95.9 Å². The number of amides is 1. The van der Waals surface area contributed by atoms with Crippen LogP contribution in [-0.4, -0.2) is 47.4 Å². The lowest BCUT2D eigenvalue weighted by molar-refractivity contribution is -0.143. The molecule has 0 aromatic rings. The van der Waals surface area contributed by atoms with E-state index in [1.807, 2.05) is 6.08 Å². The molecule has 2 atom stereocenters. The van der Waals surface area contributed by atoms with Crippen molar-refractivity contribution in [2.45, 2.75) is 379 Å². The molecule has 0 saturated carbocycles. The predicted molar refractivity (Wildman–Crippen MR) is 329 cm³/mol. The number of allylic oxidation sites excluding steroid dienone is 5. The average molecular weight is 1050 g/mol. The van der Waals surface area contributed by atoms with Gasteiger partial charge in [-0.2, -0.15) is 0 Å². The first kappa shape index (κ1) is 73.1. The van der Waals surface area contributed by atoms with Crippen molar-refractivity contribution < 1.29 is 24.5 Å². The van der Waals surface area contributed by atoms with E-state index in [9.17, 15) is 19.8 Å². The largest absolute Gasteiger partial charge is 0.466 e. The lowest BCUT2D eigenvalue weighted by Gasteiger charge is -2.20. The molecule has 75 heavy (non-hydrogen) atoms. The highest BCUT2D eigenvalue weighted by Crippen LogP contribution is 2.18. The van der Waals surface area contributed by atoms with Crippen molar-refractivity contribution in [1.29, 1.82) is 0 Å². The normalized spacial score (nSPS) is 12.7. The van der Waals surface area contributed by atoms with E-state index >= 15 is 0 Å². The first-order chi connectivity index (χ1) is 37.0. The van der Waals surface area contributed by atoms with E-state index < -0.39 is 12.1 Å². The van der Waals surface area contributed by atoms with Crippen LogP contribution in [0, 0.1) is 0 Å². The Morgan fingerprint density at radius 2 is 0.667 bits per heavy atom. The Labute approximate surface area is 468 Å². The predicted octanol–water partition coefficient (Wildman–Crippen LogP) is 21.5. The number of hydrogen-bond donors (Lipinski definition) is 3. The standard InChI is InChI=1S/C69H131NO5/c1-3-5-7-9-11-13-15-17-19-30-33-37-41-45-49-53-57-61-67(72)66(65-71)70-68(73)62-58-54-50-46-42-38-34-31-28-26-24-22-21-23-25-27-29-32-36-40-44-48-52-56-60-64-75-69(74)63-59-55-51-47-43-39-35-20-18-16-14-12-10-8-6-4-2/h14,16,20,35,57,61,66-67,71-72H,3-13,15,17-19,21-34,36-56,58-60,62-65H2,1-2H3,(H,70,73)/b16-14-,35-20-,61-57+. The molecule has 6 heteroatoms. The molecule has 0 heterocycles. The highest BCUT2D eigenvalue weighted by atomic mass is 16.5. The van der Waals surface area contributed by atoms with Gasteiger partial charge in [-0.25, -0.2) is 0 Å². The van der Waals surface area contributed by atoms with Crippen LogP contribution >= 0.6 is 0 Å². The van der Waals surface area contributed by atoms with Crippen LogP contribution in [-0.2, 0) is 14.3 Å². The third-order valence-corrected chi connectivity index (χ3v) is 15.7. The number of rotatable bonds is 63. The first-order valence-electron chi connectivity index (χ1n) is 33.8. The fourth-order valence-corrected chi connectivity index (χ4v) is 10.5. The molecule has 0 aromatic carbocycles. The minimum Gasteiger partial charge on any atom is -0.466 e. The zero-order chi connectivity index (χ0) is 54.3. The van der Waals surface area contributed by atoms with Crippen LogP contribution in [0.1, 0.15) is 367 Å². The fourth-order valence-electron chi connectivity index (χ4n) is 10.5. The molecular formula is C69H131NO5. The first-order valence-corrected chi connectivity index (χ1v) is 33.8. The molecule has 0 rings (SSSR count). The number of unbranched alkanes of at least 4 members (excludes halogenated alkanes) is 48. The van der Waals surface area contributed by atoms with Gasteiger partial charge in [-0.05, 0) is 64.2 Å². The molecule has 6 nitrogen and oxygen atoms in total. The zero-order valence-corrected chi connectivity index (χ0v) is 50.5. The van der Waals surface area contributed by atoms with Gasteiger partial charge in [0, 0.05) is 12.8 Å². The molecule has 3 N–H and O–H groups in total. The Morgan fingerprint density at radius 3 is 1.03 bits per heavy atom. The van der Waals surface area contributed by atoms with E-state index in [1.54, 1.807) is 6.08 Å². The summed E-state index contributed by atoms with van der Waals surface area (Å²) >= 11 is 0. The van der Waals surface area contributed by atoms with Crippen molar-refractivity contribution in [3.05, 3.63) is 36.5 Å². The molecule has 0 saturated heterocycles. The highest BCUT2D eigenvalue weighted by Gasteiger charge is 2.18. The summed E-state index contributed by atoms with van der Waals surface area (Å²) < 4.78 is 5.49. The minimum absolute atomic E-state index is 0.00277. The number of carbonyl (C=O) groups excluding carboxylic acids is 2. The Morgan fingerprint density at radius 1 is 0.373 bits per heavy atom. The van der Waals surface area contributed by atoms with Crippen molar-refractivity contribution in [2.24, 2.45) is 0 Å². The van der Waals surface area contributed by atoms with Gasteiger partial charge in [-0.3, -0.25) is 9.59 Å². The van der Waals surface area contributed by atoms with Crippen LogP contribution in [0.5, 0.6) is 0 Å². The number of aliphatic hydroxyl groups excluding tert-OH is 2. The van der Waals surface area contributed by atoms with Crippen LogP contribution in [0.15, 0.2) is 36.5 Å². The van der Waals surface area contributed by atoms with Gasteiger partial charge in [-0.1, -0.05) is 326 Å². The van der Waals surface area contributed by atoms with Gasteiger partial charge < -0.3 is 20.3 Å². The summed E-state index contributed by atoms with van der Waals surface area (Å²) in [6, 6.07) is -0.627. The molecule has 0 bridgehead atoms. The van der Waals surface area contributed by atoms with Crippen LogP contribution in [0.4, 0.5) is 0 Å². The number of nitrogens with one attached hydrogen (secondary N) is 1. The Kier molecular flexibility index (Phi) is 63.0. The summed E-state index contributed by atoms with van der Waals surface area (Å²) in [5, 5.41) is 23.2. The van der Waals surface area contributed by atoms with E-state index in [2.05, 4.69) is 43.5 Å². The van der Waals surface area contributed by atoms with Gasteiger partial charge >= 0.3 is 5.97 Å². The summed E-state index contributed by atoms with van der Waals surface area (Å²) in [6.45, 7) is 4.91.